The predicted octanol–water partition coefficient (Wildman–Crippen LogP) is 3.77. The number of urea groups is 1. The molecular weight excluding hydrogens is 472 g/mol. The van der Waals surface area contributed by atoms with Crippen LogP contribution in [0.2, 0.25) is 0 Å². The molecule has 0 saturated heterocycles. The number of hydrogen-bond donors (Lipinski definition) is 3. The Kier molecular flexibility index (Phi) is 5.94. The minimum Gasteiger partial charge on any atom is -0.337 e. The monoisotopic (exact) mass is 494 g/mol. The van der Waals surface area contributed by atoms with E-state index in [0.29, 0.717) is 29.4 Å². The second kappa shape index (κ2) is 9.19. The zero-order chi connectivity index (χ0) is 23.7. The molecule has 2 amide bonds. The van der Waals surface area contributed by atoms with Crippen molar-refractivity contribution in [1.29, 1.82) is 0 Å². The zero-order valence-electron chi connectivity index (χ0n) is 18.7. The Morgan fingerprint density at radius 3 is 2.50 bits per heavy atom. The number of hydrogen-bond acceptors (Lipinski definition) is 9. The van der Waals surface area contributed by atoms with Crippen LogP contribution in [0.3, 0.4) is 0 Å². The molecule has 5 aromatic heterocycles. The Balaban J connectivity index is 1.39. The summed E-state index contributed by atoms with van der Waals surface area (Å²) >= 11 is 2.62. The van der Waals surface area contributed by atoms with Crippen LogP contribution in [0.15, 0.2) is 36.9 Å². The predicted molar refractivity (Wildman–Crippen MR) is 133 cm³/mol. The smallest absolute Gasteiger partial charge is 0.319 e. The van der Waals surface area contributed by atoms with Crippen LogP contribution in [-0.2, 0) is 13.5 Å². The summed E-state index contributed by atoms with van der Waals surface area (Å²) < 4.78 is 12.2. The summed E-state index contributed by atoms with van der Waals surface area (Å²) in [6.07, 6.45) is 8.03. The van der Waals surface area contributed by atoms with Crippen molar-refractivity contribution < 1.29 is 4.79 Å². The molecule has 0 unspecified atom stereocenters. The molecule has 13 heteroatoms. The lowest BCUT2D eigenvalue weighted by molar-refractivity contribution is 0.252. The van der Waals surface area contributed by atoms with Gasteiger partial charge in [0.25, 0.3) is 0 Å². The van der Waals surface area contributed by atoms with Crippen LogP contribution in [-0.4, -0.2) is 45.5 Å². The highest BCUT2D eigenvalue weighted by Crippen LogP contribution is 2.27. The fourth-order valence-electron chi connectivity index (χ4n) is 3.43. The van der Waals surface area contributed by atoms with Gasteiger partial charge < -0.3 is 10.6 Å². The summed E-state index contributed by atoms with van der Waals surface area (Å²) in [5.41, 5.74) is 5.16. The van der Waals surface area contributed by atoms with Crippen molar-refractivity contribution >= 4 is 50.6 Å². The van der Waals surface area contributed by atoms with E-state index in [1.807, 2.05) is 56.0 Å². The molecule has 0 bridgehead atoms. The highest BCUT2D eigenvalue weighted by Gasteiger charge is 2.15. The third-order valence-corrected chi connectivity index (χ3v) is 6.54. The fourth-order valence-corrected chi connectivity index (χ4v) is 4.75. The molecule has 0 aliphatic heterocycles. The van der Waals surface area contributed by atoms with Gasteiger partial charge in [0.1, 0.15) is 10.0 Å². The van der Waals surface area contributed by atoms with Crippen LogP contribution in [0.1, 0.15) is 17.1 Å². The van der Waals surface area contributed by atoms with Crippen molar-refractivity contribution in [3.05, 3.63) is 54.0 Å². The summed E-state index contributed by atoms with van der Waals surface area (Å²) in [5.74, 6) is 0.626. The summed E-state index contributed by atoms with van der Waals surface area (Å²) in [6.45, 7) is 4.25. The Bertz CT molecular complexity index is 1460. The van der Waals surface area contributed by atoms with E-state index in [1.54, 1.807) is 10.9 Å². The van der Waals surface area contributed by atoms with Crippen LogP contribution in [0.25, 0.3) is 16.9 Å². The first-order valence-electron chi connectivity index (χ1n) is 10.5. The largest absolute Gasteiger partial charge is 0.337 e. The Hall–Kier alpha value is -3.84. The van der Waals surface area contributed by atoms with Crippen LogP contribution >= 0.6 is 23.1 Å². The normalized spacial score (nSPS) is 11.1. The molecule has 34 heavy (non-hydrogen) atoms. The lowest BCUT2D eigenvalue weighted by Crippen LogP contribution is -2.30. The summed E-state index contributed by atoms with van der Waals surface area (Å²) in [5, 5.41) is 14.9. The fraction of sp³-hybridized carbons (Fsp3) is 0.238. The van der Waals surface area contributed by atoms with Crippen molar-refractivity contribution in [1.82, 2.24) is 38.2 Å². The van der Waals surface area contributed by atoms with Crippen molar-refractivity contribution in [2.45, 2.75) is 20.3 Å². The van der Waals surface area contributed by atoms with Gasteiger partial charge >= 0.3 is 6.03 Å². The molecule has 0 atom stereocenters. The van der Waals surface area contributed by atoms with Gasteiger partial charge in [-0.15, -0.1) is 0 Å². The maximum Gasteiger partial charge on any atom is 0.319 e. The standard InChI is InChI=1S/C21H22N10OS2/c1-12-6-17(33-28-12)26-19-20-23-9-16(14-8-24-30(3)10-14)31(20)11-15(25-19)4-5-22-21(32)27-18-7-13(2)29-34-18/h6-11H,4-5H2,1-3H3,(H,25,26)(H2,22,27,32). The third kappa shape index (κ3) is 4.75. The first kappa shape index (κ1) is 22.0. The van der Waals surface area contributed by atoms with E-state index in [2.05, 4.69) is 34.8 Å². The SMILES string of the molecule is Cc1cc(NC(=O)NCCc2cn3c(-c4cnn(C)c4)cnc3c(Nc3cc(C)ns3)n2)sn1. The van der Waals surface area contributed by atoms with Gasteiger partial charge in [0.15, 0.2) is 11.5 Å². The van der Waals surface area contributed by atoms with Gasteiger partial charge in [0, 0.05) is 38.0 Å². The van der Waals surface area contributed by atoms with Gasteiger partial charge in [-0.3, -0.25) is 14.4 Å². The number of rotatable bonds is 7. The molecule has 11 nitrogen and oxygen atoms in total. The first-order valence-corrected chi connectivity index (χ1v) is 12.0. The minimum atomic E-state index is -0.276. The Labute approximate surface area is 203 Å². The molecule has 0 fully saturated rings. The number of aromatic nitrogens is 7. The molecule has 0 aliphatic rings. The second-order valence-electron chi connectivity index (χ2n) is 7.74. The Morgan fingerprint density at radius 2 is 1.82 bits per heavy atom. The highest BCUT2D eigenvalue weighted by molar-refractivity contribution is 7.10. The first-order chi connectivity index (χ1) is 16.4. The molecule has 5 rings (SSSR count). The molecule has 0 aromatic carbocycles. The van der Waals surface area contributed by atoms with Crippen LogP contribution in [0, 0.1) is 13.8 Å². The van der Waals surface area contributed by atoms with Gasteiger partial charge in [0.2, 0.25) is 0 Å². The van der Waals surface area contributed by atoms with Gasteiger partial charge in [-0.05, 0) is 49.0 Å². The lowest BCUT2D eigenvalue weighted by Gasteiger charge is -2.10. The number of amides is 2. The van der Waals surface area contributed by atoms with Crippen LogP contribution in [0.4, 0.5) is 20.6 Å². The number of aryl methyl sites for hydroxylation is 3. The molecule has 0 radical (unpaired) electrons. The number of fused-ring (bicyclic) bond motifs is 1. The van der Waals surface area contributed by atoms with E-state index < -0.39 is 0 Å². The van der Waals surface area contributed by atoms with Gasteiger partial charge in [-0.1, -0.05) is 0 Å². The molecule has 5 heterocycles. The molecule has 5 aromatic rings. The van der Waals surface area contributed by atoms with Crippen molar-refractivity contribution in [2.24, 2.45) is 7.05 Å². The zero-order valence-corrected chi connectivity index (χ0v) is 20.4. The van der Waals surface area contributed by atoms with E-state index >= 15 is 0 Å². The lowest BCUT2D eigenvalue weighted by atomic mass is 10.2. The van der Waals surface area contributed by atoms with E-state index in [9.17, 15) is 4.79 Å². The van der Waals surface area contributed by atoms with Crippen molar-refractivity contribution in [2.75, 3.05) is 17.2 Å². The maximum atomic E-state index is 12.2. The minimum absolute atomic E-state index is 0.276. The van der Waals surface area contributed by atoms with Gasteiger partial charge in [-0.2, -0.15) is 13.8 Å². The highest BCUT2D eigenvalue weighted by atomic mass is 32.1. The Morgan fingerprint density at radius 1 is 1.06 bits per heavy atom. The summed E-state index contributed by atoms with van der Waals surface area (Å²) in [6, 6.07) is 3.52. The summed E-state index contributed by atoms with van der Waals surface area (Å²) in [7, 11) is 1.88. The van der Waals surface area contributed by atoms with E-state index in [-0.39, 0.29) is 6.03 Å². The van der Waals surface area contributed by atoms with E-state index in [4.69, 9.17) is 4.98 Å². The topological polar surface area (TPSA) is 127 Å². The second-order valence-corrected chi connectivity index (χ2v) is 9.35. The number of nitrogens with one attached hydrogen (secondary N) is 3. The molecule has 3 N–H and O–H groups in total. The molecule has 0 aliphatic carbocycles. The third-order valence-electron chi connectivity index (χ3n) is 4.94. The van der Waals surface area contributed by atoms with Crippen LogP contribution < -0.4 is 16.0 Å². The van der Waals surface area contributed by atoms with E-state index in [0.717, 1.165) is 33.3 Å². The quantitative estimate of drug-likeness (QED) is 0.314. The number of imidazole rings is 1. The molecule has 0 spiro atoms. The van der Waals surface area contributed by atoms with Crippen molar-refractivity contribution in [3.8, 4) is 11.3 Å². The van der Waals surface area contributed by atoms with Crippen molar-refractivity contribution in [3.63, 3.8) is 0 Å². The molecular formula is C21H22N10OS2. The van der Waals surface area contributed by atoms with Gasteiger partial charge in [-0.25, -0.2) is 14.8 Å². The molecule has 0 saturated carbocycles. The van der Waals surface area contributed by atoms with Gasteiger partial charge in [0.05, 0.1) is 35.2 Å². The average Bonchev–Trinajstić information content (AvgIpc) is 3.57. The maximum absolute atomic E-state index is 12.2. The van der Waals surface area contributed by atoms with Crippen LogP contribution in [0.5, 0.6) is 0 Å². The average molecular weight is 495 g/mol. The number of anilines is 3. The number of carbonyl (C=O) groups is 1. The number of carbonyl (C=O) groups excluding carboxylic acids is 1. The molecule has 174 valence electrons. The van der Waals surface area contributed by atoms with E-state index in [1.165, 1.54) is 23.1 Å². The summed E-state index contributed by atoms with van der Waals surface area (Å²) in [4.78, 5) is 21.6. The number of nitrogens with zero attached hydrogens (tertiary/aromatic N) is 7.